The first kappa shape index (κ1) is 26.8. The van der Waals surface area contributed by atoms with E-state index in [4.69, 9.17) is 5.73 Å². The highest BCUT2D eigenvalue weighted by atomic mass is 16.4. The lowest BCUT2D eigenvalue weighted by atomic mass is 10.0. The minimum Gasteiger partial charge on any atom is -0.480 e. The van der Waals surface area contributed by atoms with E-state index in [1.165, 1.54) is 13.8 Å². The molecule has 168 valence electrons. The van der Waals surface area contributed by atoms with E-state index in [2.05, 4.69) is 16.0 Å². The van der Waals surface area contributed by atoms with Crippen LogP contribution in [0.2, 0.25) is 0 Å². The van der Waals surface area contributed by atoms with E-state index >= 15 is 0 Å². The molecule has 0 fully saturated rings. The molecule has 5 atom stereocenters. The number of amides is 3. The minimum absolute atomic E-state index is 0.0474. The van der Waals surface area contributed by atoms with Gasteiger partial charge in [-0.15, -0.1) is 0 Å². The quantitative estimate of drug-likeness (QED) is 0.245. The van der Waals surface area contributed by atoms with Gasteiger partial charge >= 0.3 is 5.97 Å². The van der Waals surface area contributed by atoms with Crippen LogP contribution in [-0.2, 0) is 19.2 Å². The van der Waals surface area contributed by atoms with Crippen molar-refractivity contribution in [3.63, 3.8) is 0 Å². The predicted molar refractivity (Wildman–Crippen MR) is 108 cm³/mol. The lowest BCUT2D eigenvalue weighted by molar-refractivity contribution is -0.142. The Bertz CT molecular complexity index is 579. The van der Waals surface area contributed by atoms with Crippen LogP contribution in [0.5, 0.6) is 0 Å². The van der Waals surface area contributed by atoms with Gasteiger partial charge in [-0.3, -0.25) is 14.4 Å². The van der Waals surface area contributed by atoms with E-state index in [1.807, 2.05) is 27.7 Å². The van der Waals surface area contributed by atoms with Gasteiger partial charge in [0.25, 0.3) is 0 Å². The minimum atomic E-state index is -1.30. The van der Waals surface area contributed by atoms with Crippen molar-refractivity contribution in [3.05, 3.63) is 0 Å². The summed E-state index contributed by atoms with van der Waals surface area (Å²) in [7, 11) is 0. The van der Waals surface area contributed by atoms with Crippen LogP contribution < -0.4 is 21.7 Å². The molecule has 0 aromatic carbocycles. The third-order valence-corrected chi connectivity index (χ3v) is 4.20. The summed E-state index contributed by atoms with van der Waals surface area (Å²) >= 11 is 0. The standard InChI is InChI=1S/C19H36N4O6/c1-9(2)7-13(20)17(26)23-15(12(6)24)18(27)21-11(5)16(25)22-14(19(28)29)8-10(3)4/h9-15,24H,7-8,20H2,1-6H3,(H,21,27)(H,22,25)(H,23,26)(H,28,29). The number of nitrogens with one attached hydrogen (secondary N) is 3. The van der Waals surface area contributed by atoms with Crippen molar-refractivity contribution in [1.29, 1.82) is 0 Å². The Kier molecular flexibility index (Phi) is 11.4. The van der Waals surface area contributed by atoms with Crippen molar-refractivity contribution in [3.8, 4) is 0 Å². The molecule has 0 bridgehead atoms. The van der Waals surface area contributed by atoms with Crippen molar-refractivity contribution in [1.82, 2.24) is 16.0 Å². The number of carboxylic acid groups (broad SMARTS) is 1. The fraction of sp³-hybridized carbons (Fsp3) is 0.789. The molecule has 7 N–H and O–H groups in total. The monoisotopic (exact) mass is 416 g/mol. The molecule has 10 nitrogen and oxygen atoms in total. The van der Waals surface area contributed by atoms with Gasteiger partial charge in [-0.05, 0) is 38.5 Å². The number of aliphatic hydroxyl groups excluding tert-OH is 1. The second kappa shape index (κ2) is 12.4. The van der Waals surface area contributed by atoms with Crippen molar-refractivity contribution in [2.24, 2.45) is 17.6 Å². The number of hydrogen-bond donors (Lipinski definition) is 6. The molecule has 0 aromatic rings. The summed E-state index contributed by atoms with van der Waals surface area (Å²) in [6.45, 7) is 10.2. The first-order valence-corrected chi connectivity index (χ1v) is 9.83. The molecule has 5 unspecified atom stereocenters. The van der Waals surface area contributed by atoms with Crippen LogP contribution in [0.3, 0.4) is 0 Å². The van der Waals surface area contributed by atoms with Gasteiger partial charge in [0.15, 0.2) is 0 Å². The number of carbonyl (C=O) groups excluding carboxylic acids is 3. The zero-order chi connectivity index (χ0) is 22.9. The van der Waals surface area contributed by atoms with Gasteiger partial charge in [0.1, 0.15) is 18.1 Å². The number of nitrogens with two attached hydrogens (primary N) is 1. The molecule has 0 aromatic heterocycles. The zero-order valence-electron chi connectivity index (χ0n) is 18.1. The van der Waals surface area contributed by atoms with E-state index in [0.29, 0.717) is 6.42 Å². The van der Waals surface area contributed by atoms with Gasteiger partial charge in [-0.25, -0.2) is 4.79 Å². The van der Waals surface area contributed by atoms with Crippen molar-refractivity contribution in [2.75, 3.05) is 0 Å². The molecule has 0 saturated carbocycles. The maximum atomic E-state index is 12.5. The Labute approximate surface area is 172 Å². The summed E-state index contributed by atoms with van der Waals surface area (Å²) in [6, 6.07) is -4.29. The van der Waals surface area contributed by atoms with E-state index in [9.17, 15) is 29.4 Å². The highest BCUT2D eigenvalue weighted by molar-refractivity contribution is 5.94. The van der Waals surface area contributed by atoms with Gasteiger partial charge in [-0.1, -0.05) is 27.7 Å². The van der Waals surface area contributed by atoms with E-state index in [0.717, 1.165) is 0 Å². The maximum absolute atomic E-state index is 12.5. The van der Waals surface area contributed by atoms with Crippen LogP contribution >= 0.6 is 0 Å². The SMILES string of the molecule is CC(C)CC(N)C(=O)NC(C(=O)NC(C)C(=O)NC(CC(C)C)C(=O)O)C(C)O. The molecule has 10 heteroatoms. The number of carbonyl (C=O) groups is 4. The van der Waals surface area contributed by atoms with Crippen LogP contribution in [0.25, 0.3) is 0 Å². The van der Waals surface area contributed by atoms with Gasteiger partial charge in [0.2, 0.25) is 17.7 Å². The smallest absolute Gasteiger partial charge is 0.326 e. The summed E-state index contributed by atoms with van der Waals surface area (Å²) in [6.07, 6.45) is -0.583. The second-order valence-corrected chi connectivity index (χ2v) is 8.22. The third kappa shape index (κ3) is 10.2. The molecule has 0 rings (SSSR count). The highest BCUT2D eigenvalue weighted by Gasteiger charge is 2.31. The van der Waals surface area contributed by atoms with Gasteiger partial charge in [0.05, 0.1) is 12.1 Å². The van der Waals surface area contributed by atoms with Crippen molar-refractivity contribution in [2.45, 2.75) is 84.7 Å². The lowest BCUT2D eigenvalue weighted by Crippen LogP contribution is -2.59. The summed E-state index contributed by atoms with van der Waals surface area (Å²) in [5.41, 5.74) is 5.79. The number of rotatable bonds is 12. The molecule has 0 aliphatic rings. The number of hydrogen-bond acceptors (Lipinski definition) is 6. The topological polar surface area (TPSA) is 171 Å². The second-order valence-electron chi connectivity index (χ2n) is 8.22. The molecular weight excluding hydrogens is 380 g/mol. The molecular formula is C19H36N4O6. The fourth-order valence-electron chi connectivity index (χ4n) is 2.64. The largest absolute Gasteiger partial charge is 0.480 e. The lowest BCUT2D eigenvalue weighted by Gasteiger charge is -2.25. The van der Waals surface area contributed by atoms with E-state index in [-0.39, 0.29) is 18.3 Å². The summed E-state index contributed by atoms with van der Waals surface area (Å²) < 4.78 is 0. The van der Waals surface area contributed by atoms with Crippen molar-refractivity contribution >= 4 is 23.7 Å². The Morgan fingerprint density at radius 1 is 0.793 bits per heavy atom. The summed E-state index contributed by atoms with van der Waals surface area (Å²) in [5.74, 6) is -2.99. The van der Waals surface area contributed by atoms with Gasteiger partial charge < -0.3 is 31.9 Å². The molecule has 0 aliphatic carbocycles. The van der Waals surface area contributed by atoms with Crippen LogP contribution in [-0.4, -0.2) is 64.2 Å². The number of aliphatic carboxylic acids is 1. The molecule has 0 aliphatic heterocycles. The first-order valence-electron chi connectivity index (χ1n) is 9.83. The Balaban J connectivity index is 4.97. The van der Waals surface area contributed by atoms with Crippen LogP contribution in [0.4, 0.5) is 0 Å². The average Bonchev–Trinajstić information content (AvgIpc) is 2.56. The van der Waals surface area contributed by atoms with Crippen LogP contribution in [0, 0.1) is 11.8 Å². The Morgan fingerprint density at radius 3 is 1.72 bits per heavy atom. The molecule has 0 saturated heterocycles. The van der Waals surface area contributed by atoms with E-state index < -0.39 is 54.0 Å². The molecule has 0 heterocycles. The normalized spacial score (nSPS) is 16.5. The average molecular weight is 417 g/mol. The van der Waals surface area contributed by atoms with Crippen molar-refractivity contribution < 1.29 is 29.4 Å². The molecule has 0 radical (unpaired) electrons. The van der Waals surface area contributed by atoms with Gasteiger partial charge in [-0.2, -0.15) is 0 Å². The first-order chi connectivity index (χ1) is 13.3. The van der Waals surface area contributed by atoms with Crippen LogP contribution in [0.1, 0.15) is 54.4 Å². The van der Waals surface area contributed by atoms with Gasteiger partial charge in [0, 0.05) is 0 Å². The molecule has 29 heavy (non-hydrogen) atoms. The Morgan fingerprint density at radius 2 is 1.31 bits per heavy atom. The fourth-order valence-corrected chi connectivity index (χ4v) is 2.64. The predicted octanol–water partition coefficient (Wildman–Crippen LogP) is -0.654. The highest BCUT2D eigenvalue weighted by Crippen LogP contribution is 2.06. The summed E-state index contributed by atoms with van der Waals surface area (Å²) in [4.78, 5) is 48.2. The maximum Gasteiger partial charge on any atom is 0.326 e. The summed E-state index contributed by atoms with van der Waals surface area (Å²) in [5, 5.41) is 26.2. The molecule has 3 amide bonds. The number of carboxylic acids is 1. The zero-order valence-corrected chi connectivity index (χ0v) is 18.1. The third-order valence-electron chi connectivity index (χ3n) is 4.20. The van der Waals surface area contributed by atoms with E-state index in [1.54, 1.807) is 0 Å². The number of aliphatic hydroxyl groups is 1. The van der Waals surface area contributed by atoms with Crippen LogP contribution in [0.15, 0.2) is 0 Å². The Hall–Kier alpha value is -2.20. The molecule has 0 spiro atoms.